The van der Waals surface area contributed by atoms with Gasteiger partial charge in [0.2, 0.25) is 15.9 Å². The molecule has 2 aromatic rings. The smallest absolute Gasteiger partial charge is 0.270 e. The maximum Gasteiger partial charge on any atom is 0.270 e. The predicted octanol–water partition coefficient (Wildman–Crippen LogP) is 0.958. The van der Waals surface area contributed by atoms with Gasteiger partial charge in [-0.3, -0.25) is 9.78 Å². The van der Waals surface area contributed by atoms with E-state index < -0.39 is 15.9 Å². The molecule has 2 heterocycles. The lowest BCUT2D eigenvalue weighted by atomic mass is 10.2. The van der Waals surface area contributed by atoms with Crippen LogP contribution < -0.4 is 9.46 Å². The fraction of sp³-hybridized carbons (Fsp3) is 0.0833. The number of aromatic nitrogens is 2. The zero-order valence-electron chi connectivity index (χ0n) is 10.5. The van der Waals surface area contributed by atoms with Crippen LogP contribution in [0, 0.1) is 0 Å². The van der Waals surface area contributed by atoms with Crippen LogP contribution in [-0.2, 0) is 10.0 Å². The van der Waals surface area contributed by atoms with E-state index in [9.17, 15) is 13.2 Å². The lowest BCUT2D eigenvalue weighted by Crippen LogP contribution is -2.29. The molecule has 0 aliphatic heterocycles. The topological polar surface area (TPSA) is 98.2 Å². The van der Waals surface area contributed by atoms with Gasteiger partial charge in [-0.25, -0.2) is 18.1 Å². The highest BCUT2D eigenvalue weighted by molar-refractivity contribution is 7.89. The Labute approximate surface area is 115 Å². The van der Waals surface area contributed by atoms with Crippen molar-refractivity contribution in [1.29, 1.82) is 0 Å². The zero-order chi connectivity index (χ0) is 14.6. The highest BCUT2D eigenvalue weighted by atomic mass is 32.2. The van der Waals surface area contributed by atoms with Crippen molar-refractivity contribution in [3.8, 4) is 11.6 Å². The third kappa shape index (κ3) is 3.75. The first-order valence-corrected chi connectivity index (χ1v) is 7.40. The van der Waals surface area contributed by atoms with E-state index >= 15 is 0 Å². The van der Waals surface area contributed by atoms with Gasteiger partial charge in [-0.1, -0.05) is 0 Å². The molecule has 0 saturated carbocycles. The first-order chi connectivity index (χ1) is 9.46. The molecule has 1 amide bonds. The monoisotopic (exact) mass is 293 g/mol. The van der Waals surface area contributed by atoms with Crippen molar-refractivity contribution >= 4 is 15.9 Å². The number of carbonyl (C=O) groups is 1. The number of nitrogens with zero attached hydrogens (tertiary/aromatic N) is 2. The van der Waals surface area contributed by atoms with Gasteiger partial charge >= 0.3 is 0 Å². The Hall–Kier alpha value is -2.48. The molecule has 7 nitrogen and oxygen atoms in total. The van der Waals surface area contributed by atoms with E-state index in [1.807, 2.05) is 4.72 Å². The van der Waals surface area contributed by atoms with Crippen molar-refractivity contribution in [2.75, 3.05) is 6.26 Å². The Morgan fingerprint density at radius 2 is 2.00 bits per heavy atom. The fourth-order valence-electron chi connectivity index (χ4n) is 1.39. The summed E-state index contributed by atoms with van der Waals surface area (Å²) in [5, 5.41) is 0. The summed E-state index contributed by atoms with van der Waals surface area (Å²) in [7, 11) is -3.66. The van der Waals surface area contributed by atoms with E-state index in [4.69, 9.17) is 4.74 Å². The Morgan fingerprint density at radius 1 is 1.25 bits per heavy atom. The molecule has 0 aliphatic carbocycles. The maximum absolute atomic E-state index is 11.8. The maximum atomic E-state index is 11.8. The van der Waals surface area contributed by atoms with Crippen LogP contribution in [0.1, 0.15) is 10.4 Å². The second-order valence-corrected chi connectivity index (χ2v) is 5.60. The lowest BCUT2D eigenvalue weighted by Gasteiger charge is -2.09. The number of ether oxygens (including phenoxy) is 1. The number of hydrogen-bond donors (Lipinski definition) is 1. The molecule has 0 spiro atoms. The van der Waals surface area contributed by atoms with Crippen LogP contribution in [0.3, 0.4) is 0 Å². The Balaban J connectivity index is 2.29. The zero-order valence-corrected chi connectivity index (χ0v) is 11.3. The Kier molecular flexibility index (Phi) is 3.94. The van der Waals surface area contributed by atoms with Gasteiger partial charge in [-0.2, -0.15) is 0 Å². The molecule has 104 valence electrons. The van der Waals surface area contributed by atoms with Crippen molar-refractivity contribution < 1.29 is 17.9 Å². The number of hydrogen-bond acceptors (Lipinski definition) is 6. The first-order valence-electron chi connectivity index (χ1n) is 5.51. The average molecular weight is 293 g/mol. The van der Waals surface area contributed by atoms with Crippen molar-refractivity contribution in [3.63, 3.8) is 0 Å². The minimum atomic E-state index is -3.66. The van der Waals surface area contributed by atoms with Crippen LogP contribution in [0.25, 0.3) is 0 Å². The molecule has 0 unspecified atom stereocenters. The number of sulfonamides is 1. The summed E-state index contributed by atoms with van der Waals surface area (Å²) in [4.78, 5) is 19.6. The van der Waals surface area contributed by atoms with E-state index in [-0.39, 0.29) is 11.4 Å². The molecule has 0 aromatic carbocycles. The van der Waals surface area contributed by atoms with Crippen LogP contribution in [0.5, 0.6) is 11.6 Å². The third-order valence-corrected chi connectivity index (χ3v) is 2.70. The van der Waals surface area contributed by atoms with Crippen LogP contribution in [0.4, 0.5) is 0 Å². The molecular weight excluding hydrogens is 282 g/mol. The molecular formula is C12H11N3O4S. The summed E-state index contributed by atoms with van der Waals surface area (Å²) < 4.78 is 29.4. The Morgan fingerprint density at radius 3 is 2.65 bits per heavy atom. The van der Waals surface area contributed by atoms with Gasteiger partial charge in [0.1, 0.15) is 11.3 Å². The SMILES string of the molecule is CS(=O)(=O)NC(=O)c1cccnc1Oc1cccnc1. The predicted molar refractivity (Wildman–Crippen MR) is 70.9 cm³/mol. The van der Waals surface area contributed by atoms with Gasteiger partial charge in [0, 0.05) is 12.4 Å². The summed E-state index contributed by atoms with van der Waals surface area (Å²) in [5.41, 5.74) is 0.0155. The van der Waals surface area contributed by atoms with E-state index in [2.05, 4.69) is 9.97 Å². The number of rotatable bonds is 4. The fourth-order valence-corrected chi connectivity index (χ4v) is 1.83. The molecule has 0 radical (unpaired) electrons. The van der Waals surface area contributed by atoms with Crippen LogP contribution in [0.2, 0.25) is 0 Å². The second kappa shape index (κ2) is 5.66. The highest BCUT2D eigenvalue weighted by Gasteiger charge is 2.17. The summed E-state index contributed by atoms with van der Waals surface area (Å²) in [6.07, 6.45) is 5.35. The highest BCUT2D eigenvalue weighted by Crippen LogP contribution is 2.21. The molecule has 2 rings (SSSR count). The Bertz CT molecular complexity index is 716. The van der Waals surface area contributed by atoms with E-state index in [0.717, 1.165) is 6.26 Å². The third-order valence-electron chi connectivity index (χ3n) is 2.14. The molecule has 0 bridgehead atoms. The van der Waals surface area contributed by atoms with Gasteiger partial charge in [0.25, 0.3) is 5.91 Å². The van der Waals surface area contributed by atoms with E-state index in [1.54, 1.807) is 18.3 Å². The van der Waals surface area contributed by atoms with E-state index in [0.29, 0.717) is 5.75 Å². The minimum Gasteiger partial charge on any atom is -0.437 e. The minimum absolute atomic E-state index is 0.00153. The first kappa shape index (κ1) is 13.9. The second-order valence-electron chi connectivity index (χ2n) is 3.85. The van der Waals surface area contributed by atoms with Gasteiger partial charge in [0.15, 0.2) is 0 Å². The summed E-state index contributed by atoms with van der Waals surface area (Å²) in [5.74, 6) is -0.416. The molecule has 0 atom stereocenters. The van der Waals surface area contributed by atoms with Gasteiger partial charge < -0.3 is 4.74 Å². The summed E-state index contributed by atoms with van der Waals surface area (Å²) >= 11 is 0. The number of nitrogens with one attached hydrogen (secondary N) is 1. The molecule has 20 heavy (non-hydrogen) atoms. The van der Waals surface area contributed by atoms with Gasteiger partial charge in [-0.15, -0.1) is 0 Å². The molecule has 0 saturated heterocycles. The molecule has 2 aromatic heterocycles. The number of pyridine rings is 2. The molecule has 1 N–H and O–H groups in total. The van der Waals surface area contributed by atoms with E-state index in [1.165, 1.54) is 24.5 Å². The van der Waals surface area contributed by atoms with Gasteiger partial charge in [-0.05, 0) is 24.3 Å². The van der Waals surface area contributed by atoms with Crippen molar-refractivity contribution in [2.45, 2.75) is 0 Å². The summed E-state index contributed by atoms with van der Waals surface area (Å²) in [6.45, 7) is 0. The van der Waals surface area contributed by atoms with Crippen LogP contribution in [0.15, 0.2) is 42.9 Å². The molecule has 0 aliphatic rings. The van der Waals surface area contributed by atoms with Crippen molar-refractivity contribution in [1.82, 2.24) is 14.7 Å². The van der Waals surface area contributed by atoms with Crippen LogP contribution >= 0.6 is 0 Å². The summed E-state index contributed by atoms with van der Waals surface area (Å²) in [6, 6.07) is 6.22. The quantitative estimate of drug-likeness (QED) is 0.901. The van der Waals surface area contributed by atoms with Crippen molar-refractivity contribution in [3.05, 3.63) is 48.4 Å². The average Bonchev–Trinajstić information content (AvgIpc) is 2.38. The lowest BCUT2D eigenvalue weighted by molar-refractivity contribution is 0.0979. The molecule has 8 heteroatoms. The number of amides is 1. The molecule has 0 fully saturated rings. The normalized spacial score (nSPS) is 10.8. The van der Waals surface area contributed by atoms with Gasteiger partial charge in [0.05, 0.1) is 12.5 Å². The van der Waals surface area contributed by atoms with Crippen LogP contribution in [-0.4, -0.2) is 30.5 Å². The van der Waals surface area contributed by atoms with Crippen molar-refractivity contribution in [2.24, 2.45) is 0 Å². The number of carbonyl (C=O) groups excluding carboxylic acids is 1. The standard InChI is InChI=1S/C12H11N3O4S/c1-20(17,18)15-11(16)10-5-3-7-14-12(10)19-9-4-2-6-13-8-9/h2-8H,1H3,(H,15,16). The largest absolute Gasteiger partial charge is 0.437 e.